The molecule has 1 aromatic heterocycles. The van der Waals surface area contributed by atoms with Crippen LogP contribution in [0.4, 0.5) is 4.39 Å². The number of likely N-dealkylation sites (tertiary alicyclic amines) is 1. The zero-order chi connectivity index (χ0) is 16.8. The van der Waals surface area contributed by atoms with Crippen molar-refractivity contribution in [3.8, 4) is 0 Å². The lowest BCUT2D eigenvalue weighted by Gasteiger charge is -2.54. The van der Waals surface area contributed by atoms with Gasteiger partial charge in [0, 0.05) is 48.5 Å². The molecule has 1 fully saturated rings. The molecule has 2 atom stereocenters. The van der Waals surface area contributed by atoms with Crippen molar-refractivity contribution in [1.82, 2.24) is 14.5 Å². The zero-order valence-corrected chi connectivity index (χ0v) is 14.3. The summed E-state index contributed by atoms with van der Waals surface area (Å²) in [4.78, 5) is 6.64. The number of hydrogen-bond acceptors (Lipinski definition) is 3. The summed E-state index contributed by atoms with van der Waals surface area (Å²) in [5, 5.41) is 10.8. The molecule has 23 heavy (non-hydrogen) atoms. The van der Waals surface area contributed by atoms with Gasteiger partial charge in [-0.3, -0.25) is 4.90 Å². The van der Waals surface area contributed by atoms with Crippen molar-refractivity contribution in [2.45, 2.75) is 26.0 Å². The number of benzene rings is 1. The van der Waals surface area contributed by atoms with E-state index in [0.29, 0.717) is 12.1 Å². The third kappa shape index (κ3) is 3.01. The van der Waals surface area contributed by atoms with E-state index in [9.17, 15) is 9.50 Å². The Morgan fingerprint density at radius 3 is 2.78 bits per heavy atom. The Hall–Kier alpha value is -1.43. The van der Waals surface area contributed by atoms with Gasteiger partial charge in [0.15, 0.2) is 0 Å². The van der Waals surface area contributed by atoms with Crippen molar-refractivity contribution >= 4 is 11.6 Å². The molecule has 0 amide bonds. The molecular formula is C17H21ClFN3O. The van der Waals surface area contributed by atoms with Gasteiger partial charge in [-0.1, -0.05) is 31.5 Å². The van der Waals surface area contributed by atoms with Gasteiger partial charge in [-0.15, -0.1) is 0 Å². The Kier molecular flexibility index (Phi) is 4.21. The summed E-state index contributed by atoms with van der Waals surface area (Å²) in [6.45, 7) is 5.69. The van der Waals surface area contributed by atoms with Crippen molar-refractivity contribution < 1.29 is 9.50 Å². The molecule has 1 aliphatic rings. The number of aliphatic hydroxyl groups is 1. The monoisotopic (exact) mass is 337 g/mol. The van der Waals surface area contributed by atoms with Crippen molar-refractivity contribution in [2.24, 2.45) is 12.5 Å². The first-order valence-electron chi connectivity index (χ1n) is 7.64. The number of aryl methyl sites for hydroxylation is 1. The van der Waals surface area contributed by atoms with Gasteiger partial charge in [0.2, 0.25) is 0 Å². The minimum Gasteiger partial charge on any atom is -0.387 e. The molecule has 1 aromatic carbocycles. The van der Waals surface area contributed by atoms with E-state index >= 15 is 0 Å². The Balaban J connectivity index is 1.78. The highest BCUT2D eigenvalue weighted by atomic mass is 35.5. The molecule has 0 bridgehead atoms. The number of nitrogens with zero attached hydrogens (tertiary/aromatic N) is 3. The van der Waals surface area contributed by atoms with Crippen molar-refractivity contribution in [3.05, 3.63) is 52.8 Å². The van der Waals surface area contributed by atoms with Crippen LogP contribution in [0.25, 0.3) is 0 Å². The molecular weight excluding hydrogens is 317 g/mol. The quantitative estimate of drug-likeness (QED) is 0.930. The van der Waals surface area contributed by atoms with Crippen LogP contribution in [-0.4, -0.2) is 32.6 Å². The summed E-state index contributed by atoms with van der Waals surface area (Å²) < 4.78 is 15.2. The lowest BCUT2D eigenvalue weighted by molar-refractivity contribution is -0.0798. The first kappa shape index (κ1) is 16.4. The van der Waals surface area contributed by atoms with Crippen molar-refractivity contribution in [2.75, 3.05) is 13.1 Å². The summed E-state index contributed by atoms with van der Waals surface area (Å²) >= 11 is 6.05. The molecule has 2 aromatic rings. The molecule has 1 N–H and O–H groups in total. The Bertz CT molecular complexity index is 716. The molecule has 2 heterocycles. The normalized spacial score (nSPS) is 21.9. The number of aromatic nitrogens is 2. The third-order valence-corrected chi connectivity index (χ3v) is 4.88. The zero-order valence-electron chi connectivity index (χ0n) is 13.5. The largest absolute Gasteiger partial charge is 0.387 e. The molecule has 6 heteroatoms. The lowest BCUT2D eigenvalue weighted by atomic mass is 9.74. The standard InChI is InChI=1S/C17H21ClFN3O/c1-17(2)10-22(15(17)16-20-6-7-21(16)3)9-14(23)12-5-4-11(19)8-13(12)18/h4-8,14-15,23H,9-10H2,1-3H3/t14-,15+/m1/s1. The van der Waals surface area contributed by atoms with Gasteiger partial charge in [-0.2, -0.15) is 0 Å². The van der Waals surface area contributed by atoms with Gasteiger partial charge >= 0.3 is 0 Å². The molecule has 0 radical (unpaired) electrons. The SMILES string of the molecule is Cn1ccnc1[C@@H]1N(C[C@@H](O)c2ccc(F)cc2Cl)CC1(C)C. The number of aliphatic hydroxyl groups excluding tert-OH is 1. The van der Waals surface area contributed by atoms with E-state index in [4.69, 9.17) is 11.6 Å². The van der Waals surface area contributed by atoms with Crippen LogP contribution in [-0.2, 0) is 7.05 Å². The molecule has 3 rings (SSSR count). The topological polar surface area (TPSA) is 41.3 Å². The Morgan fingerprint density at radius 2 is 2.22 bits per heavy atom. The summed E-state index contributed by atoms with van der Waals surface area (Å²) in [7, 11) is 1.97. The minimum absolute atomic E-state index is 0.0887. The van der Waals surface area contributed by atoms with Gasteiger partial charge in [-0.05, 0) is 12.1 Å². The smallest absolute Gasteiger partial charge is 0.126 e. The minimum atomic E-state index is -0.762. The van der Waals surface area contributed by atoms with E-state index in [1.807, 2.05) is 17.8 Å². The summed E-state index contributed by atoms with van der Waals surface area (Å²) in [6, 6.07) is 4.23. The van der Waals surface area contributed by atoms with E-state index in [0.717, 1.165) is 12.4 Å². The lowest BCUT2D eigenvalue weighted by Crippen LogP contribution is -2.57. The average molecular weight is 338 g/mol. The highest BCUT2D eigenvalue weighted by molar-refractivity contribution is 6.31. The molecule has 0 unspecified atom stereocenters. The number of β-amino-alcohol motifs (C(OH)–C–C–N with tert-alkyl or cyclic N) is 1. The maximum absolute atomic E-state index is 13.2. The fourth-order valence-electron chi connectivity index (χ4n) is 3.50. The first-order valence-corrected chi connectivity index (χ1v) is 8.01. The molecule has 0 aliphatic carbocycles. The van der Waals surface area contributed by atoms with Crippen molar-refractivity contribution in [1.29, 1.82) is 0 Å². The van der Waals surface area contributed by atoms with E-state index in [1.165, 1.54) is 12.1 Å². The van der Waals surface area contributed by atoms with Crippen LogP contribution in [0.5, 0.6) is 0 Å². The third-order valence-electron chi connectivity index (χ3n) is 4.55. The fraction of sp³-hybridized carbons (Fsp3) is 0.471. The maximum atomic E-state index is 13.2. The van der Waals surface area contributed by atoms with Crippen LogP contribution >= 0.6 is 11.6 Å². The van der Waals surface area contributed by atoms with Gasteiger partial charge in [0.25, 0.3) is 0 Å². The first-order chi connectivity index (χ1) is 10.8. The molecule has 0 saturated carbocycles. The number of hydrogen-bond donors (Lipinski definition) is 1. The van der Waals surface area contributed by atoms with Gasteiger partial charge in [0.1, 0.15) is 11.6 Å². The molecule has 1 aliphatic heterocycles. The van der Waals surface area contributed by atoms with E-state index in [1.54, 1.807) is 12.3 Å². The second-order valence-corrected chi connectivity index (χ2v) is 7.31. The highest BCUT2D eigenvalue weighted by Crippen LogP contribution is 2.48. The molecule has 0 spiro atoms. The van der Waals surface area contributed by atoms with Crippen LogP contribution in [0.15, 0.2) is 30.6 Å². The molecule has 124 valence electrons. The van der Waals surface area contributed by atoms with Crippen LogP contribution in [0, 0.1) is 11.2 Å². The molecule has 1 saturated heterocycles. The fourth-order valence-corrected chi connectivity index (χ4v) is 3.79. The number of halogens is 2. The van der Waals surface area contributed by atoms with Crippen LogP contribution in [0.1, 0.15) is 37.4 Å². The van der Waals surface area contributed by atoms with E-state index < -0.39 is 11.9 Å². The molecule has 4 nitrogen and oxygen atoms in total. The highest BCUT2D eigenvalue weighted by Gasteiger charge is 2.48. The van der Waals surface area contributed by atoms with Crippen molar-refractivity contribution in [3.63, 3.8) is 0 Å². The maximum Gasteiger partial charge on any atom is 0.126 e. The average Bonchev–Trinajstić information content (AvgIpc) is 2.83. The van der Waals surface area contributed by atoms with Gasteiger partial charge in [0.05, 0.1) is 12.1 Å². The van der Waals surface area contributed by atoms with E-state index in [-0.39, 0.29) is 16.5 Å². The number of imidazole rings is 1. The van der Waals surface area contributed by atoms with Gasteiger partial charge < -0.3 is 9.67 Å². The second-order valence-electron chi connectivity index (χ2n) is 6.90. The summed E-state index contributed by atoms with van der Waals surface area (Å²) in [5.74, 6) is 0.584. The van der Waals surface area contributed by atoms with E-state index in [2.05, 4.69) is 23.7 Å². The second kappa shape index (κ2) is 5.89. The number of rotatable bonds is 4. The summed E-state index contributed by atoms with van der Waals surface area (Å²) in [6.07, 6.45) is 2.95. The predicted molar refractivity (Wildman–Crippen MR) is 87.7 cm³/mol. The predicted octanol–water partition coefficient (Wildman–Crippen LogP) is 3.33. The van der Waals surface area contributed by atoms with Crippen LogP contribution in [0.3, 0.4) is 0 Å². The summed E-state index contributed by atoms with van der Waals surface area (Å²) in [5.41, 5.74) is 0.641. The van der Waals surface area contributed by atoms with Crippen LogP contribution < -0.4 is 0 Å². The van der Waals surface area contributed by atoms with Crippen LogP contribution in [0.2, 0.25) is 5.02 Å². The Labute approximate surface area is 140 Å². The van der Waals surface area contributed by atoms with Gasteiger partial charge in [-0.25, -0.2) is 9.37 Å². The Morgan fingerprint density at radius 1 is 1.48 bits per heavy atom.